The van der Waals surface area contributed by atoms with Crippen molar-refractivity contribution in [1.82, 2.24) is 14.9 Å². The van der Waals surface area contributed by atoms with E-state index in [1.54, 1.807) is 0 Å². The van der Waals surface area contributed by atoms with E-state index in [0.717, 1.165) is 43.4 Å². The van der Waals surface area contributed by atoms with Crippen molar-refractivity contribution in [2.75, 3.05) is 50.0 Å². The SMILES string of the molecule is Cc1cc(N2CCN(CC(O)COc3ccccc3)CC2)nc(N)n1. The highest BCUT2D eigenvalue weighted by molar-refractivity contribution is 5.43. The Bertz CT molecular complexity index is 654. The summed E-state index contributed by atoms with van der Waals surface area (Å²) in [7, 11) is 0. The number of nitrogens with zero attached hydrogens (tertiary/aromatic N) is 4. The Balaban J connectivity index is 1.44. The van der Waals surface area contributed by atoms with Crippen molar-refractivity contribution in [1.29, 1.82) is 0 Å². The molecule has 0 amide bonds. The fourth-order valence-corrected chi connectivity index (χ4v) is 2.96. The monoisotopic (exact) mass is 343 g/mol. The lowest BCUT2D eigenvalue weighted by molar-refractivity contribution is 0.0662. The molecule has 2 aromatic rings. The number of nitrogens with two attached hydrogens (primary N) is 1. The van der Waals surface area contributed by atoms with E-state index in [1.807, 2.05) is 43.3 Å². The molecule has 2 heterocycles. The predicted molar refractivity (Wildman–Crippen MR) is 97.8 cm³/mol. The summed E-state index contributed by atoms with van der Waals surface area (Å²) in [4.78, 5) is 12.9. The number of piperazine rings is 1. The first-order valence-electron chi connectivity index (χ1n) is 8.54. The molecule has 1 aromatic heterocycles. The Morgan fingerprint density at radius 1 is 1.16 bits per heavy atom. The van der Waals surface area contributed by atoms with Gasteiger partial charge in [0.25, 0.3) is 0 Å². The van der Waals surface area contributed by atoms with Crippen molar-refractivity contribution in [3.63, 3.8) is 0 Å². The molecule has 0 aliphatic carbocycles. The molecule has 1 aliphatic heterocycles. The fourth-order valence-electron chi connectivity index (χ4n) is 2.96. The molecule has 25 heavy (non-hydrogen) atoms. The Hall–Kier alpha value is -2.38. The van der Waals surface area contributed by atoms with E-state index in [4.69, 9.17) is 10.5 Å². The number of benzene rings is 1. The van der Waals surface area contributed by atoms with Gasteiger partial charge in [-0.25, -0.2) is 4.98 Å². The highest BCUT2D eigenvalue weighted by atomic mass is 16.5. The number of anilines is 2. The summed E-state index contributed by atoms with van der Waals surface area (Å²) < 4.78 is 5.61. The number of para-hydroxylation sites is 1. The minimum absolute atomic E-state index is 0.297. The van der Waals surface area contributed by atoms with E-state index in [-0.39, 0.29) is 0 Å². The number of hydrogen-bond donors (Lipinski definition) is 2. The van der Waals surface area contributed by atoms with E-state index < -0.39 is 6.10 Å². The molecule has 3 N–H and O–H groups in total. The summed E-state index contributed by atoms with van der Waals surface area (Å²) in [5.41, 5.74) is 6.61. The second-order valence-electron chi connectivity index (χ2n) is 6.29. The standard InChI is InChI=1S/C18H25N5O2/c1-14-11-17(21-18(19)20-14)23-9-7-22(8-10-23)12-15(24)13-25-16-5-3-2-4-6-16/h2-6,11,15,24H,7-10,12-13H2,1H3,(H2,19,20,21). The van der Waals surface area contributed by atoms with Gasteiger partial charge in [0.15, 0.2) is 0 Å². The van der Waals surface area contributed by atoms with Crippen LogP contribution in [0, 0.1) is 6.92 Å². The van der Waals surface area contributed by atoms with Crippen LogP contribution in [0.1, 0.15) is 5.69 Å². The summed E-state index contributed by atoms with van der Waals surface area (Å²) >= 11 is 0. The first kappa shape index (κ1) is 17.4. The van der Waals surface area contributed by atoms with Gasteiger partial charge in [0, 0.05) is 44.5 Å². The van der Waals surface area contributed by atoms with Gasteiger partial charge in [0.1, 0.15) is 24.3 Å². The molecule has 1 aromatic carbocycles. The lowest BCUT2D eigenvalue weighted by Gasteiger charge is -2.36. The highest BCUT2D eigenvalue weighted by Gasteiger charge is 2.21. The van der Waals surface area contributed by atoms with Crippen LogP contribution in [0.4, 0.5) is 11.8 Å². The van der Waals surface area contributed by atoms with Crippen molar-refractivity contribution >= 4 is 11.8 Å². The second-order valence-corrected chi connectivity index (χ2v) is 6.29. The third-order valence-corrected chi connectivity index (χ3v) is 4.21. The molecule has 1 aliphatic rings. The molecule has 1 atom stereocenters. The lowest BCUT2D eigenvalue weighted by atomic mass is 10.2. The molecule has 0 spiro atoms. The normalized spacial score (nSPS) is 16.6. The van der Waals surface area contributed by atoms with Crippen molar-refractivity contribution in [2.24, 2.45) is 0 Å². The van der Waals surface area contributed by atoms with E-state index in [1.165, 1.54) is 0 Å². The molecule has 7 heteroatoms. The van der Waals surface area contributed by atoms with Crippen LogP contribution in [0.3, 0.4) is 0 Å². The van der Waals surface area contributed by atoms with Gasteiger partial charge in [-0.05, 0) is 19.1 Å². The smallest absolute Gasteiger partial charge is 0.222 e. The van der Waals surface area contributed by atoms with E-state index in [2.05, 4.69) is 19.8 Å². The number of ether oxygens (including phenoxy) is 1. The van der Waals surface area contributed by atoms with Gasteiger partial charge in [0.05, 0.1) is 0 Å². The summed E-state index contributed by atoms with van der Waals surface area (Å²) in [6, 6.07) is 11.5. The molecule has 1 fully saturated rings. The number of aryl methyl sites for hydroxylation is 1. The van der Waals surface area contributed by atoms with E-state index >= 15 is 0 Å². The van der Waals surface area contributed by atoms with E-state index in [9.17, 15) is 5.11 Å². The maximum Gasteiger partial charge on any atom is 0.222 e. The Morgan fingerprint density at radius 3 is 2.56 bits per heavy atom. The fraction of sp³-hybridized carbons (Fsp3) is 0.444. The number of nitrogen functional groups attached to an aromatic ring is 1. The first-order valence-corrected chi connectivity index (χ1v) is 8.54. The van der Waals surface area contributed by atoms with Gasteiger partial charge >= 0.3 is 0 Å². The van der Waals surface area contributed by atoms with Gasteiger partial charge < -0.3 is 20.5 Å². The summed E-state index contributed by atoms with van der Waals surface area (Å²) in [5.74, 6) is 1.96. The molecule has 134 valence electrons. The zero-order chi connectivity index (χ0) is 17.6. The summed E-state index contributed by atoms with van der Waals surface area (Å²) in [6.07, 6.45) is -0.510. The van der Waals surface area contributed by atoms with E-state index in [0.29, 0.717) is 19.1 Å². The largest absolute Gasteiger partial charge is 0.491 e. The zero-order valence-corrected chi connectivity index (χ0v) is 14.5. The van der Waals surface area contributed by atoms with Gasteiger partial charge in [0.2, 0.25) is 5.95 Å². The van der Waals surface area contributed by atoms with Crippen LogP contribution < -0.4 is 15.4 Å². The molecular formula is C18H25N5O2. The molecule has 0 bridgehead atoms. The number of aromatic nitrogens is 2. The van der Waals surface area contributed by atoms with Crippen molar-refractivity contribution < 1.29 is 9.84 Å². The van der Waals surface area contributed by atoms with Crippen LogP contribution in [-0.2, 0) is 0 Å². The quantitative estimate of drug-likeness (QED) is 0.807. The summed E-state index contributed by atoms with van der Waals surface area (Å²) in [6.45, 7) is 6.25. The number of rotatable bonds is 6. The van der Waals surface area contributed by atoms with Crippen LogP contribution in [0.5, 0.6) is 5.75 Å². The number of hydrogen-bond acceptors (Lipinski definition) is 7. The van der Waals surface area contributed by atoms with Crippen molar-refractivity contribution in [2.45, 2.75) is 13.0 Å². The highest BCUT2D eigenvalue weighted by Crippen LogP contribution is 2.16. The Morgan fingerprint density at radius 2 is 1.88 bits per heavy atom. The third kappa shape index (κ3) is 5.04. The zero-order valence-electron chi connectivity index (χ0n) is 14.5. The molecule has 1 unspecified atom stereocenters. The van der Waals surface area contributed by atoms with Gasteiger partial charge in [-0.15, -0.1) is 0 Å². The average Bonchev–Trinajstić information content (AvgIpc) is 2.61. The predicted octanol–water partition coefficient (Wildman–Crippen LogP) is 0.929. The van der Waals surface area contributed by atoms with Gasteiger partial charge in [-0.1, -0.05) is 18.2 Å². The molecule has 0 radical (unpaired) electrons. The Kier molecular flexibility index (Phi) is 5.67. The van der Waals surface area contributed by atoms with Crippen LogP contribution in [0.2, 0.25) is 0 Å². The van der Waals surface area contributed by atoms with Gasteiger partial charge in [-0.3, -0.25) is 4.90 Å². The van der Waals surface area contributed by atoms with Gasteiger partial charge in [-0.2, -0.15) is 4.98 Å². The van der Waals surface area contributed by atoms with Crippen molar-refractivity contribution in [3.05, 3.63) is 42.1 Å². The average molecular weight is 343 g/mol. The minimum atomic E-state index is -0.510. The third-order valence-electron chi connectivity index (χ3n) is 4.21. The molecular weight excluding hydrogens is 318 g/mol. The molecule has 0 saturated carbocycles. The minimum Gasteiger partial charge on any atom is -0.491 e. The number of β-amino-alcohol motifs (C(OH)–C–C–N with tert-alkyl or cyclic N) is 1. The maximum atomic E-state index is 10.2. The van der Waals surface area contributed by atoms with Crippen LogP contribution in [0.15, 0.2) is 36.4 Å². The maximum absolute atomic E-state index is 10.2. The first-order chi connectivity index (χ1) is 12.1. The molecule has 3 rings (SSSR count). The van der Waals surface area contributed by atoms with Crippen LogP contribution in [0.25, 0.3) is 0 Å². The van der Waals surface area contributed by atoms with Crippen molar-refractivity contribution in [3.8, 4) is 5.75 Å². The molecule has 1 saturated heterocycles. The van der Waals surface area contributed by atoms with Crippen LogP contribution in [-0.4, -0.2) is 65.4 Å². The second kappa shape index (κ2) is 8.13. The Labute approximate surface area is 148 Å². The molecule has 7 nitrogen and oxygen atoms in total. The number of aliphatic hydroxyl groups excluding tert-OH is 1. The topological polar surface area (TPSA) is 87.7 Å². The summed E-state index contributed by atoms with van der Waals surface area (Å²) in [5, 5.41) is 10.2. The number of aliphatic hydroxyl groups is 1. The lowest BCUT2D eigenvalue weighted by Crippen LogP contribution is -2.49. The van der Waals surface area contributed by atoms with Crippen LogP contribution >= 0.6 is 0 Å².